The maximum Gasteiger partial charge on any atom is 0.352 e. The van der Waals surface area contributed by atoms with Gasteiger partial charge in [-0.1, -0.05) is 19.9 Å². The molecule has 9 N–H and O–H groups in total. The number of carboxylic acids is 3. The third-order valence-electron chi connectivity index (χ3n) is 7.39. The van der Waals surface area contributed by atoms with Crippen LogP contribution < -0.4 is 21.7 Å². The standard InChI is InChI=1S/C28H43N5O9S2/c1-15(34)21(18-11-20(22(31-18)27(41)42)44-10-8-30-14-29)24(36)33-19(26(39)40)13-43-9-6-4-5-7-17(25(37)38)32-23(35)16-12-28(16,2)3/h7,14-16,18-19,21,31,34H,4-6,8-13H2,1-3H3,(H2,29,30)(H,32,35)(H,33,36)(H,37,38)(H,39,40)(H,41,42)/b17-7-/t15-,16-,18-,19+,21-/m1/s1. The number of unbranched alkanes of at least 4 members (excludes halogenated alkanes) is 2. The molecular weight excluding hydrogens is 614 g/mol. The fourth-order valence-electron chi connectivity index (χ4n) is 4.75. The topological polar surface area (TPSA) is 241 Å². The third kappa shape index (κ3) is 11.4. The number of nitrogens with one attached hydrogen (secondary N) is 3. The Morgan fingerprint density at radius 3 is 2.39 bits per heavy atom. The van der Waals surface area contributed by atoms with Crippen molar-refractivity contribution in [2.24, 2.45) is 28.0 Å². The Morgan fingerprint density at radius 2 is 1.84 bits per heavy atom. The second-order valence-electron chi connectivity index (χ2n) is 11.4. The summed E-state index contributed by atoms with van der Waals surface area (Å²) < 4.78 is 0. The number of carbonyl (C=O) groups excluding carboxylic acids is 2. The summed E-state index contributed by atoms with van der Waals surface area (Å²) in [6, 6.07) is -2.00. The number of amides is 2. The monoisotopic (exact) mass is 657 g/mol. The smallest absolute Gasteiger partial charge is 0.352 e. The molecule has 1 heterocycles. The molecule has 0 aromatic rings. The average molecular weight is 658 g/mol. The number of aliphatic imine (C=N–C) groups is 1. The highest BCUT2D eigenvalue weighted by Gasteiger charge is 2.50. The van der Waals surface area contributed by atoms with Crippen LogP contribution in [-0.2, 0) is 24.0 Å². The summed E-state index contributed by atoms with van der Waals surface area (Å²) in [7, 11) is 0. The Balaban J connectivity index is 1.85. The van der Waals surface area contributed by atoms with Crippen LogP contribution in [0.3, 0.4) is 0 Å². The predicted molar refractivity (Wildman–Crippen MR) is 168 cm³/mol. The maximum absolute atomic E-state index is 13.1. The molecule has 1 aliphatic carbocycles. The van der Waals surface area contributed by atoms with Crippen LogP contribution in [0.5, 0.6) is 0 Å². The Kier molecular flexibility index (Phi) is 14.5. The lowest BCUT2D eigenvalue weighted by atomic mass is 9.92. The number of carboxylic acid groups (broad SMARTS) is 3. The number of aliphatic carboxylic acids is 3. The van der Waals surface area contributed by atoms with Crippen LogP contribution in [0, 0.1) is 17.3 Å². The van der Waals surface area contributed by atoms with Crippen molar-refractivity contribution in [2.45, 2.75) is 71.1 Å². The van der Waals surface area contributed by atoms with Gasteiger partial charge in [-0.3, -0.25) is 14.6 Å². The molecule has 16 heteroatoms. The zero-order valence-corrected chi connectivity index (χ0v) is 26.7. The molecule has 5 atom stereocenters. The third-order valence-corrected chi connectivity index (χ3v) is 9.65. The summed E-state index contributed by atoms with van der Waals surface area (Å²) >= 11 is 2.56. The number of aliphatic hydroxyl groups is 1. The lowest BCUT2D eigenvalue weighted by Gasteiger charge is -2.27. The molecule has 1 aliphatic heterocycles. The Labute approximate surface area is 264 Å². The van der Waals surface area contributed by atoms with E-state index in [9.17, 15) is 44.4 Å². The van der Waals surface area contributed by atoms with Gasteiger partial charge in [-0.05, 0) is 43.8 Å². The number of hydrogen-bond acceptors (Lipinski definition) is 10. The van der Waals surface area contributed by atoms with Crippen molar-refractivity contribution in [1.82, 2.24) is 16.0 Å². The van der Waals surface area contributed by atoms with E-state index in [-0.39, 0.29) is 40.8 Å². The molecule has 2 rings (SSSR count). The zero-order valence-electron chi connectivity index (χ0n) is 25.1. The molecule has 246 valence electrons. The SMILES string of the molecule is C[C@@H](O)[C@@H](C(=O)N[C@@H](CSCCCC/C=C(\NC(=O)[C@H]1CC1(C)C)C(=O)O)C(=O)O)[C@H]1CC(SCCN=CN)=C(C(=O)O)N1. The molecular formula is C28H43N5O9S2. The van der Waals surface area contributed by atoms with Gasteiger partial charge < -0.3 is 42.1 Å². The van der Waals surface area contributed by atoms with Crippen LogP contribution in [0.25, 0.3) is 0 Å². The summed E-state index contributed by atoms with van der Waals surface area (Å²) in [5, 5.41) is 46.9. The molecule has 0 aromatic carbocycles. The average Bonchev–Trinajstić information content (AvgIpc) is 3.38. The zero-order chi connectivity index (χ0) is 33.0. The number of aliphatic hydroxyl groups excluding tert-OH is 1. The minimum Gasteiger partial charge on any atom is -0.480 e. The van der Waals surface area contributed by atoms with Crippen LogP contribution >= 0.6 is 23.5 Å². The van der Waals surface area contributed by atoms with Gasteiger partial charge in [0.25, 0.3) is 0 Å². The molecule has 1 saturated carbocycles. The van der Waals surface area contributed by atoms with Crippen LogP contribution in [0.4, 0.5) is 0 Å². The van der Waals surface area contributed by atoms with Crippen molar-refractivity contribution < 1.29 is 44.4 Å². The van der Waals surface area contributed by atoms with Crippen molar-refractivity contribution in [2.75, 3.05) is 23.8 Å². The number of hydrogen-bond donors (Lipinski definition) is 8. The van der Waals surface area contributed by atoms with E-state index in [0.29, 0.717) is 48.6 Å². The predicted octanol–water partition coefficient (Wildman–Crippen LogP) is 0.965. The van der Waals surface area contributed by atoms with Gasteiger partial charge in [0.05, 0.1) is 24.9 Å². The summed E-state index contributed by atoms with van der Waals surface area (Å²) in [6.45, 7) is 5.66. The number of thioether (sulfide) groups is 2. The summed E-state index contributed by atoms with van der Waals surface area (Å²) in [6.07, 6.45) is 3.96. The van der Waals surface area contributed by atoms with Gasteiger partial charge in [0, 0.05) is 34.8 Å². The van der Waals surface area contributed by atoms with E-state index in [2.05, 4.69) is 20.9 Å². The maximum atomic E-state index is 13.1. The van der Waals surface area contributed by atoms with Crippen molar-refractivity contribution in [1.29, 1.82) is 0 Å². The highest BCUT2D eigenvalue weighted by atomic mass is 32.2. The van der Waals surface area contributed by atoms with Gasteiger partial charge in [-0.25, -0.2) is 14.4 Å². The van der Waals surface area contributed by atoms with E-state index >= 15 is 0 Å². The molecule has 0 unspecified atom stereocenters. The first kappa shape index (κ1) is 36.9. The van der Waals surface area contributed by atoms with Crippen molar-refractivity contribution in [3.8, 4) is 0 Å². The van der Waals surface area contributed by atoms with E-state index in [4.69, 9.17) is 5.73 Å². The summed E-state index contributed by atoms with van der Waals surface area (Å²) in [5.41, 5.74) is 4.89. The minimum absolute atomic E-state index is 0.0521. The number of rotatable bonds is 20. The van der Waals surface area contributed by atoms with Crippen LogP contribution in [0.15, 0.2) is 27.4 Å². The van der Waals surface area contributed by atoms with E-state index < -0.39 is 47.9 Å². The highest BCUT2D eigenvalue weighted by molar-refractivity contribution is 8.03. The number of nitrogens with two attached hydrogens (primary N) is 1. The molecule has 0 radical (unpaired) electrons. The van der Waals surface area contributed by atoms with Crippen molar-refractivity contribution in [3.63, 3.8) is 0 Å². The summed E-state index contributed by atoms with van der Waals surface area (Å²) in [5.74, 6) is -4.93. The highest BCUT2D eigenvalue weighted by Crippen LogP contribution is 2.51. The quantitative estimate of drug-likeness (QED) is 0.0394. The second kappa shape index (κ2) is 17.3. The first-order valence-electron chi connectivity index (χ1n) is 14.3. The van der Waals surface area contributed by atoms with Gasteiger partial charge in [0.15, 0.2) is 0 Å². The van der Waals surface area contributed by atoms with E-state index in [1.165, 1.54) is 36.5 Å². The van der Waals surface area contributed by atoms with Gasteiger partial charge in [0.2, 0.25) is 11.8 Å². The second-order valence-corrected chi connectivity index (χ2v) is 13.7. The first-order valence-corrected chi connectivity index (χ1v) is 16.4. The van der Waals surface area contributed by atoms with Crippen molar-refractivity contribution >= 4 is 59.6 Å². The molecule has 1 fully saturated rings. The number of allylic oxidation sites excluding steroid dienone is 1. The van der Waals surface area contributed by atoms with E-state index in [1.807, 2.05) is 13.8 Å². The molecule has 14 nitrogen and oxygen atoms in total. The fraction of sp³-hybridized carbons (Fsp3) is 0.643. The van der Waals surface area contributed by atoms with E-state index in [1.54, 1.807) is 0 Å². The molecule has 2 amide bonds. The molecule has 0 bridgehead atoms. The van der Waals surface area contributed by atoms with Gasteiger partial charge in [-0.15, -0.1) is 11.8 Å². The lowest BCUT2D eigenvalue weighted by molar-refractivity contribution is -0.142. The van der Waals surface area contributed by atoms with Crippen LogP contribution in [0.1, 0.15) is 52.9 Å². The Hall–Kier alpha value is -3.24. The Morgan fingerprint density at radius 1 is 1.16 bits per heavy atom. The van der Waals surface area contributed by atoms with Gasteiger partial charge in [0.1, 0.15) is 17.4 Å². The Bertz CT molecular complexity index is 1170. The molecule has 44 heavy (non-hydrogen) atoms. The fourth-order valence-corrected chi connectivity index (χ4v) is 6.81. The molecule has 0 aromatic heterocycles. The normalized spacial score (nSPS) is 21.3. The number of nitrogens with zero attached hydrogens (tertiary/aromatic N) is 1. The molecule has 0 saturated heterocycles. The minimum atomic E-state index is -1.25. The van der Waals surface area contributed by atoms with E-state index in [0.717, 1.165) is 6.34 Å². The largest absolute Gasteiger partial charge is 0.480 e. The molecule has 2 aliphatic rings. The van der Waals surface area contributed by atoms with Crippen LogP contribution in [-0.4, -0.2) is 98.5 Å². The summed E-state index contributed by atoms with van der Waals surface area (Å²) in [4.78, 5) is 64.9. The number of carbonyl (C=O) groups is 5. The molecule has 0 spiro atoms. The van der Waals surface area contributed by atoms with Crippen molar-refractivity contribution in [3.05, 3.63) is 22.4 Å². The lowest BCUT2D eigenvalue weighted by Crippen LogP contribution is -2.52. The van der Waals surface area contributed by atoms with Crippen LogP contribution in [0.2, 0.25) is 0 Å². The van der Waals surface area contributed by atoms with Gasteiger partial charge >= 0.3 is 17.9 Å². The van der Waals surface area contributed by atoms with Gasteiger partial charge in [-0.2, -0.15) is 11.8 Å². The first-order chi connectivity index (χ1) is 20.7.